The monoisotopic (exact) mass is 289 g/mol. The Morgan fingerprint density at radius 3 is 3.10 bits per heavy atom. The van der Waals surface area contributed by atoms with Crippen molar-refractivity contribution in [3.05, 3.63) is 34.7 Å². The van der Waals surface area contributed by atoms with Crippen LogP contribution in [-0.4, -0.2) is 27.5 Å². The third-order valence-electron chi connectivity index (χ3n) is 2.81. The van der Waals surface area contributed by atoms with Gasteiger partial charge in [0, 0.05) is 19.3 Å². The summed E-state index contributed by atoms with van der Waals surface area (Å²) in [6.45, 7) is 0.638. The molecule has 0 aliphatic carbocycles. The number of para-hydroxylation sites is 2. The Balaban J connectivity index is 1.95. The molecule has 104 valence electrons. The zero-order valence-electron chi connectivity index (χ0n) is 11.1. The summed E-state index contributed by atoms with van der Waals surface area (Å²) in [5.41, 5.74) is 1.69. The maximum atomic E-state index is 11.8. The maximum Gasteiger partial charge on any atom is 0.326 e. The first-order valence-electron chi connectivity index (χ1n) is 6.18. The zero-order chi connectivity index (χ0) is 14.4. The van der Waals surface area contributed by atoms with Crippen molar-refractivity contribution < 1.29 is 0 Å². The Hall–Kier alpha value is -2.20. The molecule has 0 aliphatic rings. The number of nitrogens with one attached hydrogen (secondary N) is 2. The van der Waals surface area contributed by atoms with Crippen LogP contribution >= 0.6 is 11.8 Å². The van der Waals surface area contributed by atoms with Crippen LogP contribution < -0.4 is 11.0 Å². The molecule has 0 amide bonds. The molecule has 0 saturated heterocycles. The van der Waals surface area contributed by atoms with E-state index in [-0.39, 0.29) is 5.69 Å². The van der Waals surface area contributed by atoms with Gasteiger partial charge in [-0.25, -0.2) is 4.79 Å². The van der Waals surface area contributed by atoms with E-state index in [1.807, 2.05) is 30.5 Å². The van der Waals surface area contributed by atoms with Crippen LogP contribution in [0.15, 0.2) is 34.1 Å². The molecule has 2 rings (SSSR count). The fourth-order valence-electron chi connectivity index (χ4n) is 1.92. The number of H-pyrrole nitrogens is 1. The summed E-state index contributed by atoms with van der Waals surface area (Å²) in [6, 6.07) is 7.63. The third kappa shape index (κ3) is 3.22. The number of fused-ring (bicyclic) bond motifs is 1. The number of nitriles is 1. The molecule has 0 unspecified atom stereocenters. The van der Waals surface area contributed by atoms with Gasteiger partial charge in [-0.2, -0.15) is 5.26 Å². The van der Waals surface area contributed by atoms with Crippen LogP contribution in [0.25, 0.3) is 11.0 Å². The second-order valence-corrected chi connectivity index (χ2v) is 5.15. The molecule has 0 radical (unpaired) electrons. The van der Waals surface area contributed by atoms with Gasteiger partial charge in [-0.1, -0.05) is 23.9 Å². The number of aromatic amines is 1. The van der Waals surface area contributed by atoms with E-state index in [1.54, 1.807) is 11.6 Å². The van der Waals surface area contributed by atoms with E-state index in [2.05, 4.69) is 15.3 Å². The Morgan fingerprint density at radius 2 is 2.35 bits per heavy atom. The summed E-state index contributed by atoms with van der Waals surface area (Å²) in [5, 5.41) is 11.6. The van der Waals surface area contributed by atoms with Crippen LogP contribution in [0.5, 0.6) is 0 Å². The largest absolute Gasteiger partial charge is 0.326 e. The number of aromatic nitrogens is 2. The molecule has 2 N–H and O–H groups in total. The minimum Gasteiger partial charge on any atom is -0.306 e. The molecule has 0 aliphatic heterocycles. The van der Waals surface area contributed by atoms with Crippen molar-refractivity contribution in [3.8, 4) is 6.19 Å². The number of benzene rings is 1. The van der Waals surface area contributed by atoms with Crippen LogP contribution in [0.3, 0.4) is 0 Å². The number of hydrogen-bond acceptors (Lipinski definition) is 4. The number of nitrogens with zero attached hydrogens (tertiary/aromatic N) is 3. The van der Waals surface area contributed by atoms with Gasteiger partial charge in [0.15, 0.2) is 11.4 Å². The highest BCUT2D eigenvalue weighted by Gasteiger charge is 2.05. The van der Waals surface area contributed by atoms with Gasteiger partial charge in [-0.3, -0.25) is 14.9 Å². The standard InChI is InChI=1S/C13H15N5OS/c1-15-12(16-9-14)20-8-4-7-18-11-6-3-2-5-10(11)17-13(18)19/h2-3,5-6H,4,7-8H2,1H3,(H,15,16)(H,17,19). The predicted octanol–water partition coefficient (Wildman–Crippen LogP) is 1.51. The van der Waals surface area contributed by atoms with Gasteiger partial charge in [0.2, 0.25) is 0 Å². The first-order valence-corrected chi connectivity index (χ1v) is 7.17. The summed E-state index contributed by atoms with van der Waals surface area (Å²) in [5.74, 6) is 0.785. The smallest absolute Gasteiger partial charge is 0.306 e. The number of thioether (sulfide) groups is 1. The SMILES string of the molecule is CN=C(NC#N)SCCCn1c(=O)[nH]c2ccccc21. The average molecular weight is 289 g/mol. The number of amidine groups is 1. The van der Waals surface area contributed by atoms with Crippen LogP contribution in [-0.2, 0) is 6.54 Å². The van der Waals surface area contributed by atoms with Gasteiger partial charge in [-0.05, 0) is 18.6 Å². The normalized spacial score (nSPS) is 11.5. The Morgan fingerprint density at radius 1 is 1.55 bits per heavy atom. The second kappa shape index (κ2) is 6.82. The van der Waals surface area contributed by atoms with E-state index >= 15 is 0 Å². The molecule has 0 atom stereocenters. The number of imidazole rings is 1. The van der Waals surface area contributed by atoms with Gasteiger partial charge in [0.1, 0.15) is 0 Å². The molecular weight excluding hydrogens is 274 g/mol. The first kappa shape index (κ1) is 14.2. The lowest BCUT2D eigenvalue weighted by molar-refractivity contribution is 0.680. The lowest BCUT2D eigenvalue weighted by Crippen LogP contribution is -2.18. The topological polar surface area (TPSA) is 86.0 Å². The van der Waals surface area contributed by atoms with Crippen molar-refractivity contribution in [1.82, 2.24) is 14.9 Å². The van der Waals surface area contributed by atoms with E-state index in [1.165, 1.54) is 11.8 Å². The fourth-order valence-corrected chi connectivity index (χ4v) is 2.64. The van der Waals surface area contributed by atoms with Crippen molar-refractivity contribution in [2.45, 2.75) is 13.0 Å². The Kier molecular flexibility index (Phi) is 4.85. The molecule has 7 heteroatoms. The van der Waals surface area contributed by atoms with Gasteiger partial charge in [0.05, 0.1) is 11.0 Å². The van der Waals surface area contributed by atoms with Gasteiger partial charge in [0.25, 0.3) is 0 Å². The predicted molar refractivity (Wildman–Crippen MR) is 81.7 cm³/mol. The van der Waals surface area contributed by atoms with Crippen LogP contribution in [0.4, 0.5) is 0 Å². The first-order chi connectivity index (χ1) is 9.76. The van der Waals surface area contributed by atoms with E-state index in [0.717, 1.165) is 23.2 Å². The average Bonchev–Trinajstić information content (AvgIpc) is 2.78. The van der Waals surface area contributed by atoms with Crippen molar-refractivity contribution in [2.24, 2.45) is 4.99 Å². The van der Waals surface area contributed by atoms with Crippen molar-refractivity contribution in [3.63, 3.8) is 0 Å². The van der Waals surface area contributed by atoms with E-state index in [4.69, 9.17) is 5.26 Å². The van der Waals surface area contributed by atoms with Crippen LogP contribution in [0.1, 0.15) is 6.42 Å². The molecule has 0 bridgehead atoms. The summed E-state index contributed by atoms with van der Waals surface area (Å²) in [6.07, 6.45) is 2.66. The molecule has 0 spiro atoms. The summed E-state index contributed by atoms with van der Waals surface area (Å²) in [7, 11) is 1.64. The van der Waals surface area contributed by atoms with Gasteiger partial charge < -0.3 is 4.98 Å². The quantitative estimate of drug-likeness (QED) is 0.294. The van der Waals surface area contributed by atoms with Crippen LogP contribution in [0.2, 0.25) is 0 Å². The fraction of sp³-hybridized carbons (Fsp3) is 0.308. The van der Waals surface area contributed by atoms with Crippen molar-refractivity contribution >= 4 is 28.0 Å². The lowest BCUT2D eigenvalue weighted by Gasteiger charge is -2.04. The molecule has 1 aromatic heterocycles. The minimum absolute atomic E-state index is 0.0873. The van der Waals surface area contributed by atoms with E-state index in [9.17, 15) is 4.79 Å². The zero-order valence-corrected chi connectivity index (χ0v) is 11.9. The van der Waals surface area contributed by atoms with E-state index in [0.29, 0.717) is 11.7 Å². The second-order valence-electron chi connectivity index (χ2n) is 4.07. The molecular formula is C13H15N5OS. The molecule has 1 heterocycles. The minimum atomic E-state index is -0.0873. The molecule has 0 fully saturated rings. The van der Waals surface area contributed by atoms with E-state index < -0.39 is 0 Å². The molecule has 20 heavy (non-hydrogen) atoms. The molecule has 2 aromatic rings. The Bertz CT molecular complexity index is 709. The lowest BCUT2D eigenvalue weighted by atomic mass is 10.3. The number of aliphatic imine (C=N–C) groups is 1. The maximum absolute atomic E-state index is 11.8. The van der Waals surface area contributed by atoms with Crippen LogP contribution in [0, 0.1) is 11.5 Å². The number of aryl methyl sites for hydroxylation is 1. The van der Waals surface area contributed by atoms with Gasteiger partial charge >= 0.3 is 5.69 Å². The van der Waals surface area contributed by atoms with Crippen molar-refractivity contribution in [2.75, 3.05) is 12.8 Å². The highest BCUT2D eigenvalue weighted by Crippen LogP contribution is 2.11. The number of rotatable bonds is 4. The van der Waals surface area contributed by atoms with Crippen molar-refractivity contribution in [1.29, 1.82) is 5.26 Å². The van der Waals surface area contributed by atoms with Gasteiger partial charge in [-0.15, -0.1) is 0 Å². The molecule has 1 aromatic carbocycles. The molecule has 6 nitrogen and oxygen atoms in total. The Labute approximate surface area is 120 Å². The molecule has 0 saturated carbocycles. The summed E-state index contributed by atoms with van der Waals surface area (Å²) in [4.78, 5) is 18.6. The highest BCUT2D eigenvalue weighted by atomic mass is 32.2. The summed E-state index contributed by atoms with van der Waals surface area (Å²) < 4.78 is 1.73. The number of hydrogen-bond donors (Lipinski definition) is 2. The third-order valence-corrected chi connectivity index (χ3v) is 3.86. The summed E-state index contributed by atoms with van der Waals surface area (Å²) >= 11 is 1.47. The highest BCUT2D eigenvalue weighted by molar-refractivity contribution is 8.13.